The van der Waals surface area contributed by atoms with Gasteiger partial charge in [0.15, 0.2) is 0 Å². The zero-order chi connectivity index (χ0) is 20.1. The van der Waals surface area contributed by atoms with E-state index in [1.807, 2.05) is 4.90 Å². The van der Waals surface area contributed by atoms with Gasteiger partial charge in [-0.25, -0.2) is 18.4 Å². The third kappa shape index (κ3) is 9.38. The van der Waals surface area contributed by atoms with Gasteiger partial charge < -0.3 is 15.5 Å². The standard InChI is InChI=1S/C7H12F2N2.2C2HF3O2/c8-7(9)1-2-11(5-7)6-3-10-4-6;2*3-2(4,5)1(6)7/h6,10H,1-5H2;2*(H,6,7). The second kappa shape index (κ2) is 8.60. The van der Waals surface area contributed by atoms with Crippen LogP contribution < -0.4 is 5.32 Å². The van der Waals surface area contributed by atoms with Crippen LogP contribution in [0.4, 0.5) is 35.1 Å². The Bertz CT molecular complexity index is 438. The molecular weight excluding hydrogens is 376 g/mol. The SMILES string of the molecule is FC1(F)CCN(C2CNC2)C1.O=C(O)C(F)(F)F.O=C(O)C(F)(F)F. The van der Waals surface area contributed by atoms with Crippen LogP contribution in [0.15, 0.2) is 0 Å². The predicted molar refractivity (Wildman–Crippen MR) is 65.2 cm³/mol. The fraction of sp³-hybridized carbons (Fsp3) is 0.818. The first-order valence-corrected chi connectivity index (χ1v) is 6.49. The first kappa shape index (κ1) is 23.3. The summed E-state index contributed by atoms with van der Waals surface area (Å²) in [4.78, 5) is 19.7. The van der Waals surface area contributed by atoms with Crippen molar-refractivity contribution in [1.82, 2.24) is 10.2 Å². The second-order valence-electron chi connectivity index (χ2n) is 4.99. The Balaban J connectivity index is 0.000000366. The van der Waals surface area contributed by atoms with Crippen molar-refractivity contribution in [2.45, 2.75) is 30.7 Å². The van der Waals surface area contributed by atoms with Gasteiger partial charge in [-0.2, -0.15) is 26.3 Å². The molecule has 2 rings (SSSR count). The number of nitrogens with one attached hydrogen (secondary N) is 1. The van der Waals surface area contributed by atoms with Crippen LogP contribution in [0.2, 0.25) is 0 Å². The molecule has 0 aromatic rings. The van der Waals surface area contributed by atoms with Crippen LogP contribution in [0, 0.1) is 0 Å². The number of hydrogen-bond acceptors (Lipinski definition) is 4. The largest absolute Gasteiger partial charge is 0.490 e. The smallest absolute Gasteiger partial charge is 0.475 e. The zero-order valence-electron chi connectivity index (χ0n) is 12.3. The average molecular weight is 390 g/mol. The van der Waals surface area contributed by atoms with Crippen molar-refractivity contribution in [3.8, 4) is 0 Å². The van der Waals surface area contributed by atoms with Crippen LogP contribution in [0.3, 0.4) is 0 Å². The third-order valence-corrected chi connectivity index (χ3v) is 2.96. The van der Waals surface area contributed by atoms with Gasteiger partial charge in [-0.05, 0) is 0 Å². The number of carboxylic acids is 2. The van der Waals surface area contributed by atoms with Crippen LogP contribution >= 0.6 is 0 Å². The minimum Gasteiger partial charge on any atom is -0.475 e. The second-order valence-corrected chi connectivity index (χ2v) is 4.99. The molecule has 3 N–H and O–H groups in total. The van der Waals surface area contributed by atoms with Gasteiger partial charge in [0.2, 0.25) is 0 Å². The molecule has 0 unspecified atom stereocenters. The van der Waals surface area contributed by atoms with Crippen molar-refractivity contribution >= 4 is 11.9 Å². The number of hydrogen-bond donors (Lipinski definition) is 3. The lowest BCUT2D eigenvalue weighted by Crippen LogP contribution is -2.56. The lowest BCUT2D eigenvalue weighted by atomic mass is 10.1. The highest BCUT2D eigenvalue weighted by Gasteiger charge is 2.42. The summed E-state index contributed by atoms with van der Waals surface area (Å²) in [5.74, 6) is -7.93. The van der Waals surface area contributed by atoms with Crippen LogP contribution in [0.1, 0.15) is 6.42 Å². The number of carboxylic acid groups (broad SMARTS) is 2. The molecule has 14 heteroatoms. The predicted octanol–water partition coefficient (Wildman–Crippen LogP) is 1.57. The Morgan fingerprint density at radius 1 is 0.960 bits per heavy atom. The summed E-state index contributed by atoms with van der Waals surface area (Å²) in [5, 5.41) is 17.3. The van der Waals surface area contributed by atoms with E-state index in [9.17, 15) is 35.1 Å². The van der Waals surface area contributed by atoms with Crippen molar-refractivity contribution in [2.75, 3.05) is 26.2 Å². The molecule has 2 fully saturated rings. The van der Waals surface area contributed by atoms with Crippen molar-refractivity contribution in [3.63, 3.8) is 0 Å². The summed E-state index contributed by atoms with van der Waals surface area (Å²) in [6, 6.07) is 0.378. The molecule has 0 amide bonds. The van der Waals surface area contributed by atoms with Gasteiger partial charge in [0, 0.05) is 32.1 Å². The molecule has 0 aromatic heterocycles. The number of alkyl halides is 8. The minimum absolute atomic E-state index is 0.0284. The molecule has 148 valence electrons. The molecule has 0 saturated carbocycles. The van der Waals surface area contributed by atoms with E-state index >= 15 is 0 Å². The molecule has 6 nitrogen and oxygen atoms in total. The van der Waals surface area contributed by atoms with Gasteiger partial charge in [-0.3, -0.25) is 4.90 Å². The number of carbonyl (C=O) groups is 2. The molecule has 2 aliphatic rings. The number of likely N-dealkylation sites (tertiary alicyclic amines) is 1. The van der Waals surface area contributed by atoms with Crippen LogP contribution in [-0.2, 0) is 9.59 Å². The topological polar surface area (TPSA) is 89.9 Å². The van der Waals surface area contributed by atoms with E-state index < -0.39 is 30.2 Å². The molecule has 0 bridgehead atoms. The molecular formula is C11H14F8N2O4. The van der Waals surface area contributed by atoms with Crippen molar-refractivity contribution in [3.05, 3.63) is 0 Å². The summed E-state index contributed by atoms with van der Waals surface area (Å²) in [6.45, 7) is 2.31. The first-order valence-electron chi connectivity index (χ1n) is 6.49. The van der Waals surface area contributed by atoms with Gasteiger partial charge in [0.25, 0.3) is 5.92 Å². The Labute approximate surface area is 135 Å². The molecule has 0 aliphatic carbocycles. The molecule has 0 spiro atoms. The molecule has 0 atom stereocenters. The van der Waals surface area contributed by atoms with E-state index in [1.165, 1.54) is 0 Å². The Kier molecular flexibility index (Phi) is 8.01. The van der Waals surface area contributed by atoms with Crippen LogP contribution in [-0.4, -0.2) is 77.5 Å². The highest BCUT2D eigenvalue weighted by Crippen LogP contribution is 2.28. The van der Waals surface area contributed by atoms with Crippen LogP contribution in [0.25, 0.3) is 0 Å². The van der Waals surface area contributed by atoms with E-state index in [1.54, 1.807) is 0 Å². The zero-order valence-corrected chi connectivity index (χ0v) is 12.3. The molecule has 2 saturated heterocycles. The van der Waals surface area contributed by atoms with Gasteiger partial charge >= 0.3 is 24.3 Å². The lowest BCUT2D eigenvalue weighted by Gasteiger charge is -2.35. The van der Waals surface area contributed by atoms with E-state index in [0.29, 0.717) is 12.6 Å². The highest BCUT2D eigenvalue weighted by molar-refractivity contribution is 5.73. The normalized spacial score (nSPS) is 20.5. The fourth-order valence-electron chi connectivity index (χ4n) is 1.61. The maximum Gasteiger partial charge on any atom is 0.490 e. The van der Waals surface area contributed by atoms with Crippen molar-refractivity contribution in [1.29, 1.82) is 0 Å². The Morgan fingerprint density at radius 3 is 1.48 bits per heavy atom. The van der Waals surface area contributed by atoms with Gasteiger partial charge in [0.1, 0.15) is 0 Å². The molecule has 2 aliphatic heterocycles. The number of rotatable bonds is 1. The first-order chi connectivity index (χ1) is 11.1. The monoisotopic (exact) mass is 390 g/mol. The number of nitrogens with zero attached hydrogens (tertiary/aromatic N) is 1. The lowest BCUT2D eigenvalue weighted by molar-refractivity contribution is -0.193. The fourth-order valence-corrected chi connectivity index (χ4v) is 1.61. The molecule has 0 radical (unpaired) electrons. The Morgan fingerprint density at radius 2 is 1.32 bits per heavy atom. The minimum atomic E-state index is -5.08. The maximum atomic E-state index is 12.7. The van der Waals surface area contributed by atoms with E-state index in [2.05, 4.69) is 5.32 Å². The molecule has 2 heterocycles. The summed E-state index contributed by atoms with van der Waals surface area (Å²) in [6.07, 6.45) is -10.1. The van der Waals surface area contributed by atoms with E-state index in [-0.39, 0.29) is 13.0 Å². The number of halogens is 8. The van der Waals surface area contributed by atoms with Crippen molar-refractivity contribution < 1.29 is 54.9 Å². The van der Waals surface area contributed by atoms with Crippen molar-refractivity contribution in [2.24, 2.45) is 0 Å². The summed E-state index contributed by atoms with van der Waals surface area (Å²) in [5.41, 5.74) is 0. The number of aliphatic carboxylic acids is 2. The van der Waals surface area contributed by atoms with Gasteiger partial charge in [-0.15, -0.1) is 0 Å². The summed E-state index contributed by atoms with van der Waals surface area (Å²) < 4.78 is 88.8. The van der Waals surface area contributed by atoms with Crippen LogP contribution in [0.5, 0.6) is 0 Å². The quantitative estimate of drug-likeness (QED) is 0.589. The summed E-state index contributed by atoms with van der Waals surface area (Å²) >= 11 is 0. The Hall–Kier alpha value is -1.70. The maximum absolute atomic E-state index is 12.7. The van der Waals surface area contributed by atoms with Gasteiger partial charge in [-0.1, -0.05) is 0 Å². The van der Waals surface area contributed by atoms with Gasteiger partial charge in [0.05, 0.1) is 6.54 Å². The highest BCUT2D eigenvalue weighted by atomic mass is 19.4. The average Bonchev–Trinajstić information content (AvgIpc) is 2.66. The van der Waals surface area contributed by atoms with E-state index in [4.69, 9.17) is 19.8 Å². The summed E-state index contributed by atoms with van der Waals surface area (Å²) in [7, 11) is 0. The third-order valence-electron chi connectivity index (χ3n) is 2.96. The molecule has 0 aromatic carbocycles. The molecule has 25 heavy (non-hydrogen) atoms. The van der Waals surface area contributed by atoms with E-state index in [0.717, 1.165) is 13.1 Å².